The van der Waals surface area contributed by atoms with Gasteiger partial charge in [-0.1, -0.05) is 44.2 Å². The molecule has 1 amide bonds. The number of rotatable bonds is 7. The van der Waals surface area contributed by atoms with Crippen LogP contribution in [-0.4, -0.2) is 18.7 Å². The van der Waals surface area contributed by atoms with E-state index in [4.69, 9.17) is 4.74 Å². The number of nitrogens with zero attached hydrogens (tertiary/aromatic N) is 1. The fourth-order valence-corrected chi connectivity index (χ4v) is 1.88. The van der Waals surface area contributed by atoms with E-state index in [1.807, 2.05) is 30.3 Å². The van der Waals surface area contributed by atoms with E-state index in [0.29, 0.717) is 18.1 Å². The summed E-state index contributed by atoms with van der Waals surface area (Å²) in [6.07, 6.45) is 2.62. The van der Waals surface area contributed by atoms with Gasteiger partial charge < -0.3 is 4.74 Å². The van der Waals surface area contributed by atoms with Gasteiger partial charge in [0, 0.05) is 5.56 Å². The normalized spacial score (nSPS) is 10.9. The molecule has 23 heavy (non-hydrogen) atoms. The largest absolute Gasteiger partial charge is 0.494 e. The highest BCUT2D eigenvalue weighted by Gasteiger charge is 2.04. The molecule has 2 rings (SSSR count). The van der Waals surface area contributed by atoms with Gasteiger partial charge >= 0.3 is 0 Å². The van der Waals surface area contributed by atoms with Crippen LogP contribution in [0.2, 0.25) is 0 Å². The summed E-state index contributed by atoms with van der Waals surface area (Å²) in [6, 6.07) is 16.7. The van der Waals surface area contributed by atoms with Crippen LogP contribution in [0.5, 0.6) is 5.75 Å². The van der Waals surface area contributed by atoms with E-state index in [2.05, 4.69) is 24.4 Å². The van der Waals surface area contributed by atoms with Crippen molar-refractivity contribution in [2.24, 2.45) is 11.0 Å². The molecular formula is C19H22N2O2. The number of nitrogens with one attached hydrogen (secondary N) is 1. The van der Waals surface area contributed by atoms with Crippen molar-refractivity contribution in [3.05, 3.63) is 65.7 Å². The Morgan fingerprint density at radius 3 is 2.48 bits per heavy atom. The van der Waals surface area contributed by atoms with Crippen LogP contribution in [0.25, 0.3) is 0 Å². The van der Waals surface area contributed by atoms with Crippen LogP contribution >= 0.6 is 0 Å². The number of carbonyl (C=O) groups is 1. The van der Waals surface area contributed by atoms with Gasteiger partial charge in [0.25, 0.3) is 5.91 Å². The predicted octanol–water partition coefficient (Wildman–Crippen LogP) is 3.88. The molecule has 0 heterocycles. The molecule has 0 unspecified atom stereocenters. The van der Waals surface area contributed by atoms with Crippen molar-refractivity contribution in [3.8, 4) is 5.75 Å². The molecule has 0 atom stereocenters. The summed E-state index contributed by atoms with van der Waals surface area (Å²) in [4.78, 5) is 12.0. The fourth-order valence-electron chi connectivity index (χ4n) is 1.88. The zero-order valence-corrected chi connectivity index (χ0v) is 13.5. The highest BCUT2D eigenvalue weighted by molar-refractivity contribution is 5.94. The third-order valence-electron chi connectivity index (χ3n) is 3.26. The molecule has 0 bridgehead atoms. The van der Waals surface area contributed by atoms with Crippen LogP contribution in [-0.2, 0) is 0 Å². The highest BCUT2D eigenvalue weighted by atomic mass is 16.5. The van der Waals surface area contributed by atoms with Crippen LogP contribution in [0.4, 0.5) is 0 Å². The quantitative estimate of drug-likeness (QED) is 0.623. The molecule has 2 aromatic rings. The van der Waals surface area contributed by atoms with Crippen LogP contribution in [0.3, 0.4) is 0 Å². The Kier molecular flexibility index (Phi) is 6.36. The van der Waals surface area contributed by atoms with Crippen molar-refractivity contribution in [2.75, 3.05) is 6.61 Å². The van der Waals surface area contributed by atoms with Crippen LogP contribution in [0, 0.1) is 5.92 Å². The highest BCUT2D eigenvalue weighted by Crippen LogP contribution is 2.13. The standard InChI is InChI=1S/C19H22N2O2/c1-15(2)12-13-23-18-10-8-17(9-11-18)19(22)21-20-14-16-6-4-3-5-7-16/h3-11,14-15H,12-13H2,1-2H3,(H,21,22)/b20-14+. The Hall–Kier alpha value is -2.62. The second kappa shape index (κ2) is 8.73. The third-order valence-corrected chi connectivity index (χ3v) is 3.26. The van der Waals surface area contributed by atoms with E-state index in [0.717, 1.165) is 17.7 Å². The summed E-state index contributed by atoms with van der Waals surface area (Å²) < 4.78 is 5.63. The van der Waals surface area contributed by atoms with Crippen molar-refractivity contribution in [1.29, 1.82) is 0 Å². The van der Waals surface area contributed by atoms with Crippen LogP contribution < -0.4 is 10.2 Å². The summed E-state index contributed by atoms with van der Waals surface area (Å²) in [5.41, 5.74) is 3.99. The molecule has 0 aromatic heterocycles. The number of benzene rings is 2. The van der Waals surface area contributed by atoms with E-state index in [-0.39, 0.29) is 5.91 Å². The molecular weight excluding hydrogens is 288 g/mol. The zero-order chi connectivity index (χ0) is 16.5. The first-order valence-electron chi connectivity index (χ1n) is 7.76. The monoisotopic (exact) mass is 310 g/mol. The van der Waals surface area contributed by atoms with Gasteiger partial charge in [-0.25, -0.2) is 5.43 Å². The SMILES string of the molecule is CC(C)CCOc1ccc(C(=O)N/N=C/c2ccccc2)cc1. The fraction of sp³-hybridized carbons (Fsp3) is 0.263. The maximum Gasteiger partial charge on any atom is 0.271 e. The second-order valence-corrected chi connectivity index (χ2v) is 5.67. The predicted molar refractivity (Wildman–Crippen MR) is 92.9 cm³/mol. The molecule has 0 saturated heterocycles. The van der Waals surface area contributed by atoms with Gasteiger partial charge in [-0.15, -0.1) is 0 Å². The Bertz CT molecular complexity index is 634. The summed E-state index contributed by atoms with van der Waals surface area (Å²) in [5.74, 6) is 1.14. The molecule has 4 heteroatoms. The molecule has 0 aliphatic carbocycles. The van der Waals surface area contributed by atoms with Gasteiger partial charge in [0.1, 0.15) is 5.75 Å². The number of hydrogen-bond donors (Lipinski definition) is 1. The number of carbonyl (C=O) groups excluding carboxylic acids is 1. The van der Waals surface area contributed by atoms with E-state index < -0.39 is 0 Å². The van der Waals surface area contributed by atoms with Crippen LogP contribution in [0.15, 0.2) is 59.7 Å². The van der Waals surface area contributed by atoms with Gasteiger partial charge in [-0.2, -0.15) is 5.10 Å². The van der Waals surface area contributed by atoms with Gasteiger partial charge in [-0.05, 0) is 42.2 Å². The van der Waals surface area contributed by atoms with Crippen molar-refractivity contribution in [1.82, 2.24) is 5.43 Å². The van der Waals surface area contributed by atoms with Gasteiger partial charge in [0.15, 0.2) is 0 Å². The first-order chi connectivity index (χ1) is 11.1. The smallest absolute Gasteiger partial charge is 0.271 e. The maximum absolute atomic E-state index is 12.0. The molecule has 2 aromatic carbocycles. The average molecular weight is 310 g/mol. The lowest BCUT2D eigenvalue weighted by molar-refractivity contribution is 0.0955. The summed E-state index contributed by atoms with van der Waals surface area (Å²) in [6.45, 7) is 5.00. The topological polar surface area (TPSA) is 50.7 Å². The minimum absolute atomic E-state index is 0.245. The molecule has 4 nitrogen and oxygen atoms in total. The number of ether oxygens (including phenoxy) is 1. The minimum atomic E-state index is -0.245. The van der Waals surface area contributed by atoms with E-state index in [1.54, 1.807) is 30.5 Å². The average Bonchev–Trinajstić information content (AvgIpc) is 2.56. The van der Waals surface area contributed by atoms with Crippen molar-refractivity contribution in [2.45, 2.75) is 20.3 Å². The Morgan fingerprint density at radius 1 is 1.13 bits per heavy atom. The van der Waals surface area contributed by atoms with E-state index >= 15 is 0 Å². The summed E-state index contributed by atoms with van der Waals surface area (Å²) in [5, 5.41) is 3.95. The molecule has 0 spiro atoms. The number of amides is 1. The molecule has 120 valence electrons. The molecule has 1 N–H and O–H groups in total. The Balaban J connectivity index is 1.84. The van der Waals surface area contributed by atoms with Gasteiger partial charge in [0.2, 0.25) is 0 Å². The first-order valence-corrected chi connectivity index (χ1v) is 7.76. The van der Waals surface area contributed by atoms with Crippen molar-refractivity contribution >= 4 is 12.1 Å². The summed E-state index contributed by atoms with van der Waals surface area (Å²) >= 11 is 0. The first kappa shape index (κ1) is 16.7. The Labute approximate surface area is 137 Å². The third kappa shape index (κ3) is 5.94. The molecule has 0 aliphatic heterocycles. The minimum Gasteiger partial charge on any atom is -0.494 e. The van der Waals surface area contributed by atoms with E-state index in [1.165, 1.54) is 0 Å². The van der Waals surface area contributed by atoms with Gasteiger partial charge in [0.05, 0.1) is 12.8 Å². The molecule has 0 radical (unpaired) electrons. The lowest BCUT2D eigenvalue weighted by Crippen LogP contribution is -2.17. The van der Waals surface area contributed by atoms with Gasteiger partial charge in [-0.3, -0.25) is 4.79 Å². The molecule has 0 saturated carbocycles. The lowest BCUT2D eigenvalue weighted by Gasteiger charge is -2.08. The lowest BCUT2D eigenvalue weighted by atomic mass is 10.1. The van der Waals surface area contributed by atoms with Crippen molar-refractivity contribution < 1.29 is 9.53 Å². The van der Waals surface area contributed by atoms with Crippen LogP contribution in [0.1, 0.15) is 36.2 Å². The molecule has 0 fully saturated rings. The van der Waals surface area contributed by atoms with E-state index in [9.17, 15) is 4.79 Å². The Morgan fingerprint density at radius 2 is 1.83 bits per heavy atom. The zero-order valence-electron chi connectivity index (χ0n) is 13.5. The molecule has 0 aliphatic rings. The number of hydrazone groups is 1. The van der Waals surface area contributed by atoms with Crippen molar-refractivity contribution in [3.63, 3.8) is 0 Å². The summed E-state index contributed by atoms with van der Waals surface area (Å²) in [7, 11) is 0. The number of hydrogen-bond acceptors (Lipinski definition) is 3. The maximum atomic E-state index is 12.0. The second-order valence-electron chi connectivity index (χ2n) is 5.67.